The van der Waals surface area contributed by atoms with E-state index >= 15 is 0 Å². The third-order valence-electron chi connectivity index (χ3n) is 3.29. The number of para-hydroxylation sites is 1. The van der Waals surface area contributed by atoms with Gasteiger partial charge in [-0.05, 0) is 11.6 Å². The summed E-state index contributed by atoms with van der Waals surface area (Å²) in [6.07, 6.45) is 1.85. The third kappa shape index (κ3) is 2.49. The van der Waals surface area contributed by atoms with Crippen LogP contribution in [0.4, 0.5) is 0 Å². The van der Waals surface area contributed by atoms with Gasteiger partial charge < -0.3 is 5.11 Å². The normalized spacial score (nSPS) is 12.5. The maximum atomic E-state index is 10.4. The highest BCUT2D eigenvalue weighted by atomic mass is 16.3. The van der Waals surface area contributed by atoms with Crippen molar-refractivity contribution in [3.63, 3.8) is 0 Å². The second-order valence-corrected chi connectivity index (χ2v) is 4.63. The summed E-state index contributed by atoms with van der Waals surface area (Å²) in [5, 5.41) is 11.5. The van der Waals surface area contributed by atoms with E-state index in [1.807, 2.05) is 60.7 Å². The summed E-state index contributed by atoms with van der Waals surface area (Å²) in [4.78, 5) is 4.38. The zero-order chi connectivity index (χ0) is 13.1. The van der Waals surface area contributed by atoms with E-state index in [4.69, 9.17) is 0 Å². The number of fused-ring (bicyclic) bond motifs is 1. The summed E-state index contributed by atoms with van der Waals surface area (Å²) in [5.41, 5.74) is 2.90. The van der Waals surface area contributed by atoms with E-state index in [0.29, 0.717) is 6.42 Å². The standard InChI is InChI=1S/C17H15NO/c19-16(12-13-6-2-1-3-7-13)15-10-4-8-14-9-5-11-18-17(14)15/h1-11,16,19H,12H2. The zero-order valence-electron chi connectivity index (χ0n) is 10.5. The van der Waals surface area contributed by atoms with Gasteiger partial charge in [0.25, 0.3) is 0 Å². The molecule has 3 rings (SSSR count). The SMILES string of the molecule is OC(Cc1ccccc1)c1cccc2cccnc12. The molecule has 2 heteroatoms. The van der Waals surface area contributed by atoms with Crippen LogP contribution in [0.5, 0.6) is 0 Å². The number of aliphatic hydroxyl groups excluding tert-OH is 1. The van der Waals surface area contributed by atoms with Crippen LogP contribution in [0.1, 0.15) is 17.2 Å². The molecule has 1 aromatic heterocycles. The van der Waals surface area contributed by atoms with Crippen molar-refractivity contribution in [3.05, 3.63) is 78.0 Å². The molecule has 1 heterocycles. The lowest BCUT2D eigenvalue weighted by Crippen LogP contribution is -2.03. The first-order valence-corrected chi connectivity index (χ1v) is 6.40. The van der Waals surface area contributed by atoms with Crippen molar-refractivity contribution in [2.45, 2.75) is 12.5 Å². The van der Waals surface area contributed by atoms with Crippen LogP contribution >= 0.6 is 0 Å². The molecule has 0 fully saturated rings. The highest BCUT2D eigenvalue weighted by molar-refractivity contribution is 5.81. The molecule has 0 aliphatic rings. The average molecular weight is 249 g/mol. The Morgan fingerprint density at radius 3 is 2.53 bits per heavy atom. The van der Waals surface area contributed by atoms with Crippen molar-refractivity contribution >= 4 is 10.9 Å². The molecule has 1 unspecified atom stereocenters. The largest absolute Gasteiger partial charge is 0.388 e. The Morgan fingerprint density at radius 2 is 1.68 bits per heavy atom. The molecular weight excluding hydrogens is 234 g/mol. The number of benzene rings is 2. The van der Waals surface area contributed by atoms with Crippen LogP contribution in [0.15, 0.2) is 66.9 Å². The predicted octanol–water partition coefficient (Wildman–Crippen LogP) is 3.51. The Morgan fingerprint density at radius 1 is 0.895 bits per heavy atom. The highest BCUT2D eigenvalue weighted by Gasteiger charge is 2.12. The number of nitrogens with zero attached hydrogens (tertiary/aromatic N) is 1. The smallest absolute Gasteiger partial charge is 0.0851 e. The lowest BCUT2D eigenvalue weighted by atomic mass is 9.99. The molecule has 0 bridgehead atoms. The van der Waals surface area contributed by atoms with Crippen LogP contribution in [0.3, 0.4) is 0 Å². The summed E-state index contributed by atoms with van der Waals surface area (Å²) in [6.45, 7) is 0. The molecule has 2 nitrogen and oxygen atoms in total. The molecule has 1 N–H and O–H groups in total. The Kier molecular flexibility index (Phi) is 3.25. The summed E-state index contributed by atoms with van der Waals surface area (Å²) < 4.78 is 0. The van der Waals surface area contributed by atoms with Gasteiger partial charge in [0.2, 0.25) is 0 Å². The Labute approximate surface area is 112 Å². The van der Waals surface area contributed by atoms with Crippen molar-refractivity contribution in [1.82, 2.24) is 4.98 Å². The number of aliphatic hydroxyl groups is 1. The highest BCUT2D eigenvalue weighted by Crippen LogP contribution is 2.24. The Bertz CT molecular complexity index is 674. The first-order valence-electron chi connectivity index (χ1n) is 6.40. The fourth-order valence-electron chi connectivity index (χ4n) is 2.34. The van der Waals surface area contributed by atoms with Crippen molar-refractivity contribution in [2.24, 2.45) is 0 Å². The fourth-order valence-corrected chi connectivity index (χ4v) is 2.34. The molecule has 0 amide bonds. The van der Waals surface area contributed by atoms with Crippen molar-refractivity contribution < 1.29 is 5.11 Å². The summed E-state index contributed by atoms with van der Waals surface area (Å²) in [7, 11) is 0. The first-order chi connectivity index (χ1) is 9.34. The molecule has 0 spiro atoms. The van der Waals surface area contributed by atoms with E-state index in [0.717, 1.165) is 22.0 Å². The van der Waals surface area contributed by atoms with Crippen LogP contribution < -0.4 is 0 Å². The van der Waals surface area contributed by atoms with Crippen LogP contribution in [-0.2, 0) is 6.42 Å². The molecule has 0 aliphatic carbocycles. The van der Waals surface area contributed by atoms with Gasteiger partial charge in [0.05, 0.1) is 11.6 Å². The van der Waals surface area contributed by atoms with Gasteiger partial charge in [-0.2, -0.15) is 0 Å². The van der Waals surface area contributed by atoms with Crippen LogP contribution in [0.25, 0.3) is 10.9 Å². The van der Waals surface area contributed by atoms with E-state index in [1.54, 1.807) is 6.20 Å². The van der Waals surface area contributed by atoms with Gasteiger partial charge in [0.15, 0.2) is 0 Å². The lowest BCUT2D eigenvalue weighted by Gasteiger charge is -2.13. The van der Waals surface area contributed by atoms with Crippen molar-refractivity contribution in [3.8, 4) is 0 Å². The molecule has 0 radical (unpaired) electrons. The lowest BCUT2D eigenvalue weighted by molar-refractivity contribution is 0.180. The van der Waals surface area contributed by atoms with E-state index in [1.165, 1.54) is 0 Å². The topological polar surface area (TPSA) is 33.1 Å². The fraction of sp³-hybridized carbons (Fsp3) is 0.118. The molecule has 94 valence electrons. The maximum absolute atomic E-state index is 10.4. The Hall–Kier alpha value is -2.19. The van der Waals surface area contributed by atoms with E-state index in [-0.39, 0.29) is 0 Å². The van der Waals surface area contributed by atoms with Crippen LogP contribution in [0.2, 0.25) is 0 Å². The molecule has 2 aromatic carbocycles. The average Bonchev–Trinajstić information content (AvgIpc) is 2.47. The van der Waals surface area contributed by atoms with Crippen LogP contribution in [0, 0.1) is 0 Å². The second kappa shape index (κ2) is 5.21. The number of hydrogen-bond acceptors (Lipinski definition) is 2. The quantitative estimate of drug-likeness (QED) is 0.770. The summed E-state index contributed by atoms with van der Waals surface area (Å²) >= 11 is 0. The number of hydrogen-bond donors (Lipinski definition) is 1. The Balaban J connectivity index is 1.96. The number of rotatable bonds is 3. The molecular formula is C17H15NO. The van der Waals surface area contributed by atoms with Crippen molar-refractivity contribution in [1.29, 1.82) is 0 Å². The van der Waals surface area contributed by atoms with Crippen LogP contribution in [-0.4, -0.2) is 10.1 Å². The van der Waals surface area contributed by atoms with Gasteiger partial charge in [-0.3, -0.25) is 4.98 Å². The predicted molar refractivity (Wildman–Crippen MR) is 76.8 cm³/mol. The van der Waals surface area contributed by atoms with E-state index in [9.17, 15) is 5.11 Å². The maximum Gasteiger partial charge on any atom is 0.0851 e. The molecule has 1 atom stereocenters. The molecule has 19 heavy (non-hydrogen) atoms. The van der Waals surface area contributed by atoms with Gasteiger partial charge in [-0.1, -0.05) is 54.6 Å². The van der Waals surface area contributed by atoms with E-state index in [2.05, 4.69) is 4.98 Å². The van der Waals surface area contributed by atoms with Gasteiger partial charge in [-0.15, -0.1) is 0 Å². The van der Waals surface area contributed by atoms with E-state index < -0.39 is 6.10 Å². The minimum Gasteiger partial charge on any atom is -0.388 e. The first kappa shape index (κ1) is 11.9. The van der Waals surface area contributed by atoms with Gasteiger partial charge in [0, 0.05) is 23.6 Å². The molecule has 0 aliphatic heterocycles. The second-order valence-electron chi connectivity index (χ2n) is 4.63. The zero-order valence-corrected chi connectivity index (χ0v) is 10.5. The van der Waals surface area contributed by atoms with Gasteiger partial charge in [0.1, 0.15) is 0 Å². The number of pyridine rings is 1. The van der Waals surface area contributed by atoms with Crippen molar-refractivity contribution in [2.75, 3.05) is 0 Å². The van der Waals surface area contributed by atoms with Gasteiger partial charge >= 0.3 is 0 Å². The van der Waals surface area contributed by atoms with Gasteiger partial charge in [-0.25, -0.2) is 0 Å². The molecule has 3 aromatic rings. The summed E-state index contributed by atoms with van der Waals surface area (Å²) in [6, 6.07) is 19.9. The third-order valence-corrected chi connectivity index (χ3v) is 3.29. The minimum absolute atomic E-state index is 0.527. The summed E-state index contributed by atoms with van der Waals surface area (Å²) in [5.74, 6) is 0. The minimum atomic E-state index is -0.527. The molecule has 0 saturated carbocycles. The molecule has 0 saturated heterocycles. The monoisotopic (exact) mass is 249 g/mol. The number of aromatic nitrogens is 1.